The standard InChI is InChI=1S/C18H20N2O3S2/c1-2-25(22,23)15-9-7-14(8-10-15)19-13-18(21)20-11-12-24-17-6-4-3-5-16(17)20/h3-10,19H,2,11-13H2,1H3. The number of nitrogens with zero attached hydrogens (tertiary/aromatic N) is 1. The smallest absolute Gasteiger partial charge is 0.246 e. The van der Waals surface area contributed by atoms with E-state index in [1.807, 2.05) is 24.3 Å². The molecule has 0 saturated heterocycles. The van der Waals surface area contributed by atoms with E-state index >= 15 is 0 Å². The molecule has 0 saturated carbocycles. The SMILES string of the molecule is CCS(=O)(=O)c1ccc(NCC(=O)N2CCSc3ccccc32)cc1. The van der Waals surface area contributed by atoms with Crippen LogP contribution in [-0.2, 0) is 14.6 Å². The third kappa shape index (κ3) is 3.99. The van der Waals surface area contributed by atoms with Crippen LogP contribution in [0.3, 0.4) is 0 Å². The molecule has 0 fully saturated rings. The number of amides is 1. The monoisotopic (exact) mass is 376 g/mol. The molecular formula is C18H20N2O3S2. The van der Waals surface area contributed by atoms with Crippen molar-refractivity contribution in [1.29, 1.82) is 0 Å². The average Bonchev–Trinajstić information content (AvgIpc) is 2.66. The molecule has 0 aliphatic carbocycles. The van der Waals surface area contributed by atoms with Gasteiger partial charge in [-0.2, -0.15) is 0 Å². The largest absolute Gasteiger partial charge is 0.376 e. The molecular weight excluding hydrogens is 356 g/mol. The number of rotatable bonds is 5. The summed E-state index contributed by atoms with van der Waals surface area (Å²) in [4.78, 5) is 15.8. The highest BCUT2D eigenvalue weighted by Crippen LogP contribution is 2.34. The van der Waals surface area contributed by atoms with Gasteiger partial charge in [0.15, 0.2) is 9.84 Å². The van der Waals surface area contributed by atoms with Crippen LogP contribution in [0.5, 0.6) is 0 Å². The Hall–Kier alpha value is -1.99. The number of anilines is 2. The summed E-state index contributed by atoms with van der Waals surface area (Å²) in [6.45, 7) is 2.48. The third-order valence-electron chi connectivity index (χ3n) is 4.07. The van der Waals surface area contributed by atoms with E-state index in [1.165, 1.54) is 0 Å². The minimum Gasteiger partial charge on any atom is -0.376 e. The summed E-state index contributed by atoms with van der Waals surface area (Å²) < 4.78 is 23.6. The fraction of sp³-hybridized carbons (Fsp3) is 0.278. The lowest BCUT2D eigenvalue weighted by molar-refractivity contribution is -0.117. The van der Waals surface area contributed by atoms with Crippen molar-refractivity contribution in [1.82, 2.24) is 0 Å². The topological polar surface area (TPSA) is 66.5 Å². The minimum absolute atomic E-state index is 0.00185. The van der Waals surface area contributed by atoms with Crippen LogP contribution >= 0.6 is 11.8 Å². The Morgan fingerprint density at radius 1 is 1.16 bits per heavy atom. The molecule has 0 unspecified atom stereocenters. The Morgan fingerprint density at radius 3 is 2.60 bits per heavy atom. The molecule has 2 aromatic carbocycles. The highest BCUT2D eigenvalue weighted by molar-refractivity contribution is 7.99. The molecule has 0 aromatic heterocycles. The number of hydrogen-bond acceptors (Lipinski definition) is 5. The van der Waals surface area contributed by atoms with Crippen molar-refractivity contribution in [2.45, 2.75) is 16.7 Å². The van der Waals surface area contributed by atoms with Crippen LogP contribution in [-0.4, -0.2) is 38.9 Å². The number of thioether (sulfide) groups is 1. The van der Waals surface area contributed by atoms with Gasteiger partial charge in [0.2, 0.25) is 5.91 Å². The van der Waals surface area contributed by atoms with Gasteiger partial charge in [0.05, 0.1) is 22.9 Å². The Kier molecular flexibility index (Phi) is 5.34. The van der Waals surface area contributed by atoms with Crippen LogP contribution in [0, 0.1) is 0 Å². The number of carbonyl (C=O) groups excluding carboxylic acids is 1. The predicted molar refractivity (Wildman–Crippen MR) is 102 cm³/mol. The maximum Gasteiger partial charge on any atom is 0.246 e. The third-order valence-corrected chi connectivity index (χ3v) is 6.86. The van der Waals surface area contributed by atoms with Gasteiger partial charge >= 0.3 is 0 Å². The van der Waals surface area contributed by atoms with E-state index in [-0.39, 0.29) is 18.2 Å². The summed E-state index contributed by atoms with van der Waals surface area (Å²) in [5, 5.41) is 3.08. The summed E-state index contributed by atoms with van der Waals surface area (Å²) in [5.41, 5.74) is 1.68. The predicted octanol–water partition coefficient (Wildman–Crippen LogP) is 3.03. The first kappa shape index (κ1) is 17.8. The lowest BCUT2D eigenvalue weighted by Gasteiger charge is -2.29. The molecule has 3 rings (SSSR count). The van der Waals surface area contributed by atoms with Gasteiger partial charge in [0.25, 0.3) is 0 Å². The molecule has 0 radical (unpaired) electrons. The zero-order valence-corrected chi connectivity index (χ0v) is 15.6. The van der Waals surface area contributed by atoms with Crippen molar-refractivity contribution in [3.63, 3.8) is 0 Å². The first-order valence-corrected chi connectivity index (χ1v) is 10.7. The van der Waals surface area contributed by atoms with Crippen molar-refractivity contribution < 1.29 is 13.2 Å². The molecule has 2 aromatic rings. The van der Waals surface area contributed by atoms with Gasteiger partial charge in [-0.05, 0) is 36.4 Å². The molecule has 132 valence electrons. The van der Waals surface area contributed by atoms with Crippen molar-refractivity contribution in [2.75, 3.05) is 34.8 Å². The van der Waals surface area contributed by atoms with Crippen LogP contribution in [0.15, 0.2) is 58.3 Å². The number of hydrogen-bond donors (Lipinski definition) is 1. The van der Waals surface area contributed by atoms with Gasteiger partial charge in [0, 0.05) is 22.9 Å². The van der Waals surface area contributed by atoms with Gasteiger partial charge in [-0.15, -0.1) is 11.8 Å². The van der Waals surface area contributed by atoms with Gasteiger partial charge in [0.1, 0.15) is 0 Å². The van der Waals surface area contributed by atoms with Crippen molar-refractivity contribution in [3.05, 3.63) is 48.5 Å². The van der Waals surface area contributed by atoms with Crippen LogP contribution in [0.1, 0.15) is 6.92 Å². The summed E-state index contributed by atoms with van der Waals surface area (Å²) >= 11 is 1.76. The van der Waals surface area contributed by atoms with Gasteiger partial charge in [-0.3, -0.25) is 4.79 Å². The molecule has 1 aliphatic rings. The first-order chi connectivity index (χ1) is 12.0. The summed E-state index contributed by atoms with van der Waals surface area (Å²) in [6.07, 6.45) is 0. The van der Waals surface area contributed by atoms with Gasteiger partial charge in [-0.1, -0.05) is 19.1 Å². The summed E-state index contributed by atoms with van der Waals surface area (Å²) in [7, 11) is -3.20. The van der Waals surface area contributed by atoms with Crippen molar-refractivity contribution >= 4 is 38.9 Å². The maximum atomic E-state index is 12.6. The second kappa shape index (κ2) is 7.49. The first-order valence-electron chi connectivity index (χ1n) is 8.10. The van der Waals surface area contributed by atoms with Crippen LogP contribution < -0.4 is 10.2 Å². The molecule has 1 heterocycles. The molecule has 5 nitrogen and oxygen atoms in total. The number of fused-ring (bicyclic) bond motifs is 1. The lowest BCUT2D eigenvalue weighted by atomic mass is 10.2. The van der Waals surface area contributed by atoms with E-state index in [4.69, 9.17) is 0 Å². The Bertz CT molecular complexity index is 864. The second-order valence-corrected chi connectivity index (χ2v) is 9.06. The highest BCUT2D eigenvalue weighted by atomic mass is 32.2. The zero-order chi connectivity index (χ0) is 17.9. The molecule has 1 amide bonds. The van der Waals surface area contributed by atoms with Gasteiger partial charge < -0.3 is 10.2 Å². The normalized spacial score (nSPS) is 14.0. The van der Waals surface area contributed by atoms with Crippen molar-refractivity contribution in [2.24, 2.45) is 0 Å². The molecule has 1 aliphatic heterocycles. The fourth-order valence-corrected chi connectivity index (χ4v) is 4.53. The number of para-hydroxylation sites is 1. The maximum absolute atomic E-state index is 12.6. The van der Waals surface area contributed by atoms with E-state index < -0.39 is 9.84 Å². The average molecular weight is 377 g/mol. The number of carbonyl (C=O) groups is 1. The van der Waals surface area contributed by atoms with Gasteiger partial charge in [-0.25, -0.2) is 8.42 Å². The molecule has 0 bridgehead atoms. The van der Waals surface area contributed by atoms with E-state index in [2.05, 4.69) is 5.32 Å². The Morgan fingerprint density at radius 2 is 1.88 bits per heavy atom. The quantitative estimate of drug-likeness (QED) is 0.869. The molecule has 7 heteroatoms. The molecule has 0 atom stereocenters. The second-order valence-electron chi connectivity index (χ2n) is 5.64. The fourth-order valence-electron chi connectivity index (χ4n) is 2.65. The van der Waals surface area contributed by atoms with E-state index in [1.54, 1.807) is 47.9 Å². The van der Waals surface area contributed by atoms with E-state index in [0.29, 0.717) is 11.4 Å². The van der Waals surface area contributed by atoms with E-state index in [0.717, 1.165) is 22.0 Å². The summed E-state index contributed by atoms with van der Waals surface area (Å²) in [6, 6.07) is 14.4. The molecule has 25 heavy (non-hydrogen) atoms. The minimum atomic E-state index is -3.20. The number of benzene rings is 2. The van der Waals surface area contributed by atoms with Crippen LogP contribution in [0.2, 0.25) is 0 Å². The number of nitrogens with one attached hydrogen (secondary N) is 1. The van der Waals surface area contributed by atoms with E-state index in [9.17, 15) is 13.2 Å². The molecule has 1 N–H and O–H groups in total. The Balaban J connectivity index is 1.65. The number of sulfone groups is 1. The summed E-state index contributed by atoms with van der Waals surface area (Å²) in [5.74, 6) is 0.953. The van der Waals surface area contributed by atoms with Crippen molar-refractivity contribution in [3.8, 4) is 0 Å². The highest BCUT2D eigenvalue weighted by Gasteiger charge is 2.22. The lowest BCUT2D eigenvalue weighted by Crippen LogP contribution is -2.39. The zero-order valence-electron chi connectivity index (χ0n) is 13.9. The van der Waals surface area contributed by atoms with Crippen LogP contribution in [0.25, 0.3) is 0 Å². The molecule has 0 spiro atoms. The van der Waals surface area contributed by atoms with Crippen LogP contribution in [0.4, 0.5) is 11.4 Å². The Labute approximate surface area is 152 Å².